The van der Waals surface area contributed by atoms with Gasteiger partial charge in [-0.2, -0.15) is 0 Å². The summed E-state index contributed by atoms with van der Waals surface area (Å²) < 4.78 is 23.2. The predicted octanol–water partition coefficient (Wildman–Crippen LogP) is 4.07. The number of hydrogen-bond donors (Lipinski definition) is 4. The Bertz CT molecular complexity index is 1190. The van der Waals surface area contributed by atoms with E-state index in [1.165, 1.54) is 0 Å². The molecule has 0 fully saturated rings. The lowest BCUT2D eigenvalue weighted by molar-refractivity contribution is -0.000451. The molecule has 4 N–H and O–H groups in total. The van der Waals surface area contributed by atoms with Crippen LogP contribution in [0.4, 0.5) is 16.2 Å². The van der Waals surface area contributed by atoms with Crippen LogP contribution in [-0.4, -0.2) is 80.3 Å². The zero-order valence-corrected chi connectivity index (χ0v) is 24.3. The Morgan fingerprint density at radius 3 is 2.49 bits per heavy atom. The summed E-state index contributed by atoms with van der Waals surface area (Å²) in [5.41, 5.74) is 1.27. The van der Waals surface area contributed by atoms with Crippen LogP contribution in [0.1, 0.15) is 50.4 Å². The lowest BCUT2D eigenvalue weighted by atomic mass is 10.0. The van der Waals surface area contributed by atoms with Crippen LogP contribution in [0, 0.1) is 5.92 Å². The van der Waals surface area contributed by atoms with Gasteiger partial charge >= 0.3 is 6.03 Å². The summed E-state index contributed by atoms with van der Waals surface area (Å²) in [6.45, 7) is 7.45. The summed E-state index contributed by atoms with van der Waals surface area (Å²) in [6.07, 6.45) is 2.42. The monoisotopic (exact) mass is 570 g/mol. The van der Waals surface area contributed by atoms with Gasteiger partial charge in [-0.3, -0.25) is 4.79 Å². The molecule has 2 aliphatic rings. The number of nitrogens with one attached hydrogen (secondary N) is 3. The second-order valence-corrected chi connectivity index (χ2v) is 10.7. The number of aliphatic hydroxyl groups excluding tert-OH is 1. The normalized spacial score (nSPS) is 22.2. The summed E-state index contributed by atoms with van der Waals surface area (Å²) in [5, 5.41) is 18.8. The summed E-state index contributed by atoms with van der Waals surface area (Å²) in [4.78, 5) is 28.6. The van der Waals surface area contributed by atoms with Gasteiger partial charge in [0.15, 0.2) is 11.5 Å². The zero-order valence-electron chi connectivity index (χ0n) is 24.3. The highest BCUT2D eigenvalue weighted by molar-refractivity contribution is 6.02. The van der Waals surface area contributed by atoms with Gasteiger partial charge in [0.1, 0.15) is 5.75 Å². The minimum Gasteiger partial charge on any atom is -0.490 e. The van der Waals surface area contributed by atoms with Gasteiger partial charge in [0.05, 0.1) is 30.4 Å². The fraction of sp³-hybridized carbons (Fsp3) is 0.533. The Morgan fingerprint density at radius 2 is 1.76 bits per heavy atom. The molecule has 0 radical (unpaired) electrons. The van der Waals surface area contributed by atoms with Gasteiger partial charge in [-0.05, 0) is 70.5 Å². The number of ether oxygens (including phenoxy) is 4. The number of benzene rings is 2. The van der Waals surface area contributed by atoms with E-state index in [-0.39, 0.29) is 37.4 Å². The first-order valence-corrected chi connectivity index (χ1v) is 14.3. The molecule has 4 rings (SSSR count). The molecular formula is C30H42N4O7. The maximum absolute atomic E-state index is 14.1. The van der Waals surface area contributed by atoms with E-state index in [0.29, 0.717) is 53.9 Å². The molecule has 0 saturated carbocycles. The van der Waals surface area contributed by atoms with E-state index < -0.39 is 12.1 Å². The second-order valence-electron chi connectivity index (χ2n) is 10.7. The van der Waals surface area contributed by atoms with E-state index in [1.807, 2.05) is 20.9 Å². The SMILES string of the molecule is CNC[C@H]1OCCCC[C@@H](C)Oc2ccc(NC(=O)Nc3ccc4c(c3)OCO4)cc2C(=O)N([C@@H](C)CO)C[C@H]1C. The maximum Gasteiger partial charge on any atom is 0.323 e. The Labute approximate surface area is 241 Å². The molecule has 4 atom stereocenters. The molecule has 0 spiro atoms. The second kappa shape index (κ2) is 14.4. The molecule has 2 heterocycles. The molecule has 0 aliphatic carbocycles. The van der Waals surface area contributed by atoms with Crippen LogP contribution in [0.5, 0.6) is 17.2 Å². The van der Waals surface area contributed by atoms with E-state index >= 15 is 0 Å². The number of urea groups is 1. The van der Waals surface area contributed by atoms with Crippen molar-refractivity contribution in [3.63, 3.8) is 0 Å². The molecule has 41 heavy (non-hydrogen) atoms. The molecular weight excluding hydrogens is 528 g/mol. The highest BCUT2D eigenvalue weighted by Crippen LogP contribution is 2.34. The first-order valence-electron chi connectivity index (χ1n) is 14.3. The van der Waals surface area contributed by atoms with E-state index in [1.54, 1.807) is 41.3 Å². The van der Waals surface area contributed by atoms with Crippen molar-refractivity contribution in [2.75, 3.05) is 50.8 Å². The van der Waals surface area contributed by atoms with Crippen LogP contribution in [0.25, 0.3) is 0 Å². The molecule has 2 aromatic rings. The molecule has 0 aromatic heterocycles. The molecule has 2 aliphatic heterocycles. The molecule has 2 aromatic carbocycles. The van der Waals surface area contributed by atoms with Crippen LogP contribution in [0.3, 0.4) is 0 Å². The summed E-state index contributed by atoms with van der Waals surface area (Å²) in [6, 6.07) is 9.26. The van der Waals surface area contributed by atoms with Gasteiger partial charge in [0, 0.05) is 43.1 Å². The van der Waals surface area contributed by atoms with Crippen molar-refractivity contribution in [3.05, 3.63) is 42.0 Å². The number of amides is 3. The van der Waals surface area contributed by atoms with Gasteiger partial charge in [-0.1, -0.05) is 6.92 Å². The number of hydrogen-bond acceptors (Lipinski definition) is 8. The summed E-state index contributed by atoms with van der Waals surface area (Å²) >= 11 is 0. The van der Waals surface area contributed by atoms with Crippen molar-refractivity contribution in [3.8, 4) is 17.2 Å². The molecule has 11 nitrogen and oxygen atoms in total. The number of carbonyl (C=O) groups is 2. The average molecular weight is 571 g/mol. The number of aliphatic hydroxyl groups is 1. The number of rotatable bonds is 6. The van der Waals surface area contributed by atoms with Gasteiger partial charge in [0.2, 0.25) is 6.79 Å². The Kier molecular flexibility index (Phi) is 10.7. The zero-order chi connectivity index (χ0) is 29.4. The van der Waals surface area contributed by atoms with Crippen molar-refractivity contribution in [1.82, 2.24) is 10.2 Å². The number of carbonyl (C=O) groups excluding carboxylic acids is 2. The van der Waals surface area contributed by atoms with Crippen LogP contribution in [0.15, 0.2) is 36.4 Å². The molecule has 3 amide bonds. The lowest BCUT2D eigenvalue weighted by Crippen LogP contribution is -2.47. The van der Waals surface area contributed by atoms with Crippen molar-refractivity contribution < 1.29 is 33.6 Å². The molecule has 0 unspecified atom stereocenters. The topological polar surface area (TPSA) is 131 Å². The minimum atomic E-state index is -0.479. The predicted molar refractivity (Wildman–Crippen MR) is 156 cm³/mol. The van der Waals surface area contributed by atoms with E-state index in [4.69, 9.17) is 18.9 Å². The number of fused-ring (bicyclic) bond motifs is 2. The Hall–Kier alpha value is -3.54. The number of nitrogens with zero attached hydrogens (tertiary/aromatic N) is 1. The lowest BCUT2D eigenvalue weighted by Gasteiger charge is -2.34. The van der Waals surface area contributed by atoms with Crippen LogP contribution in [0.2, 0.25) is 0 Å². The number of likely N-dealkylation sites (N-methyl/N-ethyl adjacent to an activating group) is 1. The van der Waals surface area contributed by atoms with Crippen molar-refractivity contribution >= 4 is 23.3 Å². The first-order chi connectivity index (χ1) is 19.8. The van der Waals surface area contributed by atoms with Gasteiger partial charge in [-0.15, -0.1) is 0 Å². The number of anilines is 2. The molecule has 224 valence electrons. The van der Waals surface area contributed by atoms with Gasteiger partial charge in [-0.25, -0.2) is 4.79 Å². The minimum absolute atomic E-state index is 0.000388. The van der Waals surface area contributed by atoms with E-state index in [0.717, 1.165) is 19.3 Å². The largest absolute Gasteiger partial charge is 0.490 e. The molecule has 0 saturated heterocycles. The highest BCUT2D eigenvalue weighted by Gasteiger charge is 2.30. The molecule has 0 bridgehead atoms. The Balaban J connectivity index is 1.60. The fourth-order valence-electron chi connectivity index (χ4n) is 4.96. The smallest absolute Gasteiger partial charge is 0.323 e. The van der Waals surface area contributed by atoms with Crippen LogP contribution in [-0.2, 0) is 4.74 Å². The van der Waals surface area contributed by atoms with Crippen LogP contribution >= 0.6 is 0 Å². The maximum atomic E-state index is 14.1. The van der Waals surface area contributed by atoms with Crippen molar-refractivity contribution in [2.24, 2.45) is 5.92 Å². The molecule has 11 heteroatoms. The van der Waals surface area contributed by atoms with E-state index in [2.05, 4.69) is 22.9 Å². The quantitative estimate of drug-likeness (QED) is 0.409. The first kappa shape index (κ1) is 30.4. The summed E-state index contributed by atoms with van der Waals surface area (Å²) in [5.74, 6) is 1.32. The summed E-state index contributed by atoms with van der Waals surface area (Å²) in [7, 11) is 1.88. The van der Waals surface area contributed by atoms with Crippen molar-refractivity contribution in [1.29, 1.82) is 0 Å². The van der Waals surface area contributed by atoms with Crippen LogP contribution < -0.4 is 30.2 Å². The standard InChI is InChI=1S/C30H42N4O7/c1-19-16-34(20(2)17-35)29(36)24-13-22(32-30(37)33-23-9-11-26-27(14-23)40-18-39-26)8-10-25(24)41-21(3)7-5-6-12-38-28(19)15-31-4/h8-11,13-14,19-21,28,31,35H,5-7,12,15-18H2,1-4H3,(H2,32,33,37)/t19-,20+,21-,28-/m1/s1. The third-order valence-electron chi connectivity index (χ3n) is 7.35. The third kappa shape index (κ3) is 8.02. The van der Waals surface area contributed by atoms with E-state index in [9.17, 15) is 14.7 Å². The fourth-order valence-corrected chi connectivity index (χ4v) is 4.96. The Morgan fingerprint density at radius 1 is 1.05 bits per heavy atom. The van der Waals surface area contributed by atoms with Crippen molar-refractivity contribution in [2.45, 2.75) is 58.3 Å². The average Bonchev–Trinajstić information content (AvgIpc) is 3.42. The van der Waals surface area contributed by atoms with Gasteiger partial charge in [0.25, 0.3) is 5.91 Å². The highest BCUT2D eigenvalue weighted by atomic mass is 16.7. The van der Waals surface area contributed by atoms with Gasteiger partial charge < -0.3 is 44.9 Å². The third-order valence-corrected chi connectivity index (χ3v) is 7.35.